The molecule has 108 valence electrons. The third-order valence-electron chi connectivity index (χ3n) is 5.35. The number of piperidine rings is 1. The van der Waals surface area contributed by atoms with Gasteiger partial charge in [0.2, 0.25) is 0 Å². The molecule has 0 spiro atoms. The van der Waals surface area contributed by atoms with Crippen molar-refractivity contribution in [2.75, 3.05) is 26.2 Å². The number of rotatable bonds is 2. The van der Waals surface area contributed by atoms with Gasteiger partial charge in [-0.05, 0) is 51.2 Å². The molecule has 3 fully saturated rings. The third-order valence-corrected chi connectivity index (χ3v) is 5.35. The van der Waals surface area contributed by atoms with E-state index in [2.05, 4.69) is 9.80 Å². The Hall–Kier alpha value is -0.610. The molecule has 4 nitrogen and oxygen atoms in total. The number of fused-ring (bicyclic) bond motifs is 2. The fraction of sp³-hybridized carbons (Fsp3) is 0.933. The Balaban J connectivity index is 1.75. The summed E-state index contributed by atoms with van der Waals surface area (Å²) in [6.45, 7) is 4.60. The Morgan fingerprint density at radius 2 is 1.74 bits per heavy atom. The molecule has 0 aliphatic carbocycles. The molecule has 0 aromatic heterocycles. The topological polar surface area (TPSA) is 43.8 Å². The highest BCUT2D eigenvalue weighted by atomic mass is 16.4. The molecule has 3 rings (SSSR count). The second-order valence-corrected chi connectivity index (χ2v) is 6.50. The van der Waals surface area contributed by atoms with Gasteiger partial charge in [0.1, 0.15) is 6.04 Å². The molecular formula is C15H26N2O2. The van der Waals surface area contributed by atoms with Crippen LogP contribution < -0.4 is 0 Å². The molecule has 0 radical (unpaired) electrons. The predicted molar refractivity (Wildman–Crippen MR) is 74.2 cm³/mol. The molecule has 0 aromatic rings. The van der Waals surface area contributed by atoms with E-state index in [1.54, 1.807) is 0 Å². The van der Waals surface area contributed by atoms with Gasteiger partial charge in [-0.1, -0.05) is 19.3 Å². The van der Waals surface area contributed by atoms with E-state index in [1.165, 1.54) is 51.7 Å². The van der Waals surface area contributed by atoms with E-state index in [0.717, 1.165) is 25.3 Å². The first kappa shape index (κ1) is 13.4. The maximum Gasteiger partial charge on any atom is 0.320 e. The lowest BCUT2D eigenvalue weighted by Crippen LogP contribution is -2.54. The average molecular weight is 266 g/mol. The van der Waals surface area contributed by atoms with Crippen LogP contribution in [0.3, 0.4) is 0 Å². The summed E-state index contributed by atoms with van der Waals surface area (Å²) in [5.74, 6) is 0.123. The highest BCUT2D eigenvalue weighted by Gasteiger charge is 2.41. The molecule has 19 heavy (non-hydrogen) atoms. The molecular weight excluding hydrogens is 240 g/mol. The Kier molecular flexibility index (Phi) is 4.08. The minimum Gasteiger partial charge on any atom is -0.480 e. The first-order chi connectivity index (χ1) is 9.25. The van der Waals surface area contributed by atoms with E-state index in [-0.39, 0.29) is 6.04 Å². The number of aliphatic carboxylic acids is 1. The molecule has 3 aliphatic heterocycles. The summed E-state index contributed by atoms with van der Waals surface area (Å²) in [7, 11) is 0. The highest BCUT2D eigenvalue weighted by molar-refractivity contribution is 5.73. The van der Waals surface area contributed by atoms with Crippen LogP contribution in [0.25, 0.3) is 0 Å². The van der Waals surface area contributed by atoms with Crippen LogP contribution in [0, 0.1) is 5.92 Å². The van der Waals surface area contributed by atoms with Crippen molar-refractivity contribution in [2.45, 2.75) is 57.0 Å². The van der Waals surface area contributed by atoms with Crippen molar-refractivity contribution in [1.82, 2.24) is 9.80 Å². The Morgan fingerprint density at radius 1 is 0.947 bits per heavy atom. The van der Waals surface area contributed by atoms with Crippen molar-refractivity contribution in [3.8, 4) is 0 Å². The van der Waals surface area contributed by atoms with Crippen LogP contribution in [-0.2, 0) is 4.79 Å². The van der Waals surface area contributed by atoms with Crippen molar-refractivity contribution in [3.63, 3.8) is 0 Å². The highest BCUT2D eigenvalue weighted by Crippen LogP contribution is 2.33. The quantitative estimate of drug-likeness (QED) is 0.828. The van der Waals surface area contributed by atoms with Gasteiger partial charge in [-0.15, -0.1) is 0 Å². The van der Waals surface area contributed by atoms with Gasteiger partial charge in [0.05, 0.1) is 0 Å². The Bertz CT molecular complexity index is 334. The minimum atomic E-state index is -0.595. The van der Waals surface area contributed by atoms with Crippen molar-refractivity contribution >= 4 is 5.97 Å². The van der Waals surface area contributed by atoms with Crippen molar-refractivity contribution in [1.29, 1.82) is 0 Å². The van der Waals surface area contributed by atoms with Gasteiger partial charge in [-0.3, -0.25) is 9.69 Å². The van der Waals surface area contributed by atoms with Crippen LogP contribution in [0.5, 0.6) is 0 Å². The normalized spacial score (nSPS) is 40.6. The predicted octanol–water partition coefficient (Wildman–Crippen LogP) is 1.80. The maximum absolute atomic E-state index is 11.6. The summed E-state index contributed by atoms with van der Waals surface area (Å²) >= 11 is 0. The molecule has 4 heteroatoms. The first-order valence-electron chi connectivity index (χ1n) is 7.96. The summed E-state index contributed by atoms with van der Waals surface area (Å²) in [6, 6.07) is 0.301. The SMILES string of the molecule is O=C(O)C1CCCCCCN1C1CCN2CCC1C2. The molecule has 0 amide bonds. The summed E-state index contributed by atoms with van der Waals surface area (Å²) in [5, 5.41) is 9.57. The summed E-state index contributed by atoms with van der Waals surface area (Å²) in [4.78, 5) is 16.5. The number of hydrogen-bond acceptors (Lipinski definition) is 3. The smallest absolute Gasteiger partial charge is 0.320 e. The lowest BCUT2D eigenvalue weighted by molar-refractivity contribution is -0.146. The molecule has 1 N–H and O–H groups in total. The number of hydrogen-bond donors (Lipinski definition) is 1. The van der Waals surface area contributed by atoms with Crippen molar-refractivity contribution < 1.29 is 9.90 Å². The van der Waals surface area contributed by atoms with E-state index in [9.17, 15) is 9.90 Å². The van der Waals surface area contributed by atoms with Crippen molar-refractivity contribution in [2.24, 2.45) is 5.92 Å². The second-order valence-electron chi connectivity index (χ2n) is 6.50. The lowest BCUT2D eigenvalue weighted by Gasteiger charge is -2.42. The molecule has 0 saturated carbocycles. The van der Waals surface area contributed by atoms with E-state index in [4.69, 9.17) is 0 Å². The number of carbonyl (C=O) groups is 1. The zero-order valence-electron chi connectivity index (χ0n) is 11.8. The summed E-state index contributed by atoms with van der Waals surface area (Å²) in [5.41, 5.74) is 0. The van der Waals surface area contributed by atoms with E-state index < -0.39 is 5.97 Å². The monoisotopic (exact) mass is 266 g/mol. The van der Waals surface area contributed by atoms with Gasteiger partial charge in [0.15, 0.2) is 0 Å². The third kappa shape index (κ3) is 2.79. The van der Waals surface area contributed by atoms with Gasteiger partial charge in [-0.25, -0.2) is 0 Å². The Morgan fingerprint density at radius 3 is 2.58 bits per heavy atom. The molecule has 2 bridgehead atoms. The van der Waals surface area contributed by atoms with Gasteiger partial charge in [0, 0.05) is 12.6 Å². The van der Waals surface area contributed by atoms with Crippen LogP contribution in [-0.4, -0.2) is 59.1 Å². The van der Waals surface area contributed by atoms with Gasteiger partial charge in [0.25, 0.3) is 0 Å². The first-order valence-corrected chi connectivity index (χ1v) is 7.96. The number of nitrogens with zero attached hydrogens (tertiary/aromatic N) is 2. The molecule has 4 atom stereocenters. The zero-order valence-corrected chi connectivity index (χ0v) is 11.8. The number of likely N-dealkylation sites (tertiary alicyclic amines) is 1. The van der Waals surface area contributed by atoms with Crippen LogP contribution in [0.15, 0.2) is 0 Å². The number of carboxylic acids is 1. The Labute approximate surface area is 115 Å². The van der Waals surface area contributed by atoms with Crippen LogP contribution in [0.2, 0.25) is 0 Å². The van der Waals surface area contributed by atoms with E-state index in [0.29, 0.717) is 6.04 Å². The molecule has 0 aromatic carbocycles. The molecule has 3 saturated heterocycles. The van der Waals surface area contributed by atoms with Gasteiger partial charge >= 0.3 is 5.97 Å². The summed E-state index contributed by atoms with van der Waals surface area (Å²) < 4.78 is 0. The molecule has 3 heterocycles. The van der Waals surface area contributed by atoms with Gasteiger partial charge < -0.3 is 10.0 Å². The average Bonchev–Trinajstić information content (AvgIpc) is 2.72. The fourth-order valence-electron chi connectivity index (χ4n) is 4.34. The van der Waals surface area contributed by atoms with Crippen molar-refractivity contribution in [3.05, 3.63) is 0 Å². The number of carboxylic acid groups (broad SMARTS) is 1. The fourth-order valence-corrected chi connectivity index (χ4v) is 4.34. The van der Waals surface area contributed by atoms with E-state index in [1.807, 2.05) is 0 Å². The van der Waals surface area contributed by atoms with Crippen LogP contribution in [0.4, 0.5) is 0 Å². The molecule has 4 unspecified atom stereocenters. The zero-order chi connectivity index (χ0) is 13.2. The largest absolute Gasteiger partial charge is 0.480 e. The van der Waals surface area contributed by atoms with Gasteiger partial charge in [-0.2, -0.15) is 0 Å². The summed E-state index contributed by atoms with van der Waals surface area (Å²) in [6.07, 6.45) is 8.03. The minimum absolute atomic E-state index is 0.225. The molecule has 3 aliphatic rings. The maximum atomic E-state index is 11.6. The second kappa shape index (κ2) is 5.80. The lowest BCUT2D eigenvalue weighted by atomic mass is 9.89. The van der Waals surface area contributed by atoms with Crippen LogP contribution >= 0.6 is 0 Å². The van der Waals surface area contributed by atoms with E-state index >= 15 is 0 Å². The van der Waals surface area contributed by atoms with Crippen LogP contribution in [0.1, 0.15) is 44.9 Å². The standard InChI is InChI=1S/C15H26N2O2/c18-15(19)14-5-3-1-2-4-8-17(14)13-7-10-16-9-6-12(13)11-16/h12-14H,1-11H2,(H,18,19).